The fourth-order valence-corrected chi connectivity index (χ4v) is 5.78. The van der Waals surface area contributed by atoms with E-state index in [0.29, 0.717) is 31.0 Å². The second-order valence-corrected chi connectivity index (χ2v) is 10.5. The van der Waals surface area contributed by atoms with E-state index in [9.17, 15) is 8.42 Å². The SMILES string of the molecule is Cc1ccc(S(=O)(=O)[N-]c2nc(C[NH+]3CCOCC3)nc3scc(-c4ccccc4)c23)cc1. The van der Waals surface area contributed by atoms with Crippen LogP contribution in [-0.2, 0) is 21.3 Å². The largest absolute Gasteiger partial charge is 0.418 e. The summed E-state index contributed by atoms with van der Waals surface area (Å²) < 4.78 is 36.0. The number of rotatable bonds is 6. The Balaban J connectivity index is 1.60. The second kappa shape index (κ2) is 9.18. The van der Waals surface area contributed by atoms with E-state index < -0.39 is 10.0 Å². The molecular weight excluding hydrogens is 456 g/mol. The van der Waals surface area contributed by atoms with Crippen LogP contribution in [0.2, 0.25) is 0 Å². The van der Waals surface area contributed by atoms with Crippen molar-refractivity contribution in [2.24, 2.45) is 0 Å². The van der Waals surface area contributed by atoms with Gasteiger partial charge in [-0.05, 0) is 30.4 Å². The number of aryl methyl sites for hydroxylation is 1. The van der Waals surface area contributed by atoms with Gasteiger partial charge in [0.15, 0.2) is 0 Å². The standard InChI is InChI=1S/C24H23N4O3S2/c1-17-7-9-19(10-8-17)33(29,30)27-23-22-20(18-5-3-2-4-6-18)16-32-24(22)26-21(25-23)15-28-11-13-31-14-12-28/h2-10,16H,11-15H2,1H3/q-1/p+1. The first-order valence-corrected chi connectivity index (χ1v) is 13.1. The lowest BCUT2D eigenvalue weighted by atomic mass is 10.1. The number of thiophene rings is 1. The molecule has 1 saturated heterocycles. The normalized spacial score (nSPS) is 15.1. The summed E-state index contributed by atoms with van der Waals surface area (Å²) >= 11 is 1.48. The predicted molar refractivity (Wildman–Crippen MR) is 129 cm³/mol. The molecule has 33 heavy (non-hydrogen) atoms. The van der Waals surface area contributed by atoms with Crippen LogP contribution in [-0.4, -0.2) is 44.7 Å². The lowest BCUT2D eigenvalue weighted by molar-refractivity contribution is -0.922. The van der Waals surface area contributed by atoms with Crippen LogP contribution in [0, 0.1) is 6.92 Å². The third-order valence-electron chi connectivity index (χ3n) is 5.68. The molecule has 0 spiro atoms. The van der Waals surface area contributed by atoms with Gasteiger partial charge < -0.3 is 19.3 Å². The summed E-state index contributed by atoms with van der Waals surface area (Å²) in [5.41, 5.74) is 2.85. The van der Waals surface area contributed by atoms with Crippen LogP contribution in [0.5, 0.6) is 0 Å². The molecule has 2 aromatic heterocycles. The van der Waals surface area contributed by atoms with Crippen LogP contribution in [0.25, 0.3) is 26.1 Å². The lowest BCUT2D eigenvalue weighted by Gasteiger charge is -2.25. The molecule has 0 aliphatic carbocycles. The smallest absolute Gasteiger partial charge is 0.202 e. The number of sulfonamides is 1. The van der Waals surface area contributed by atoms with Crippen molar-refractivity contribution in [1.29, 1.82) is 0 Å². The molecule has 0 amide bonds. The van der Waals surface area contributed by atoms with Crippen molar-refractivity contribution < 1.29 is 18.1 Å². The van der Waals surface area contributed by atoms with Gasteiger partial charge in [-0.15, -0.1) is 11.3 Å². The van der Waals surface area contributed by atoms with E-state index in [1.54, 1.807) is 24.3 Å². The maximum atomic E-state index is 13.2. The lowest BCUT2D eigenvalue weighted by Crippen LogP contribution is -3.12. The molecule has 1 aliphatic heterocycles. The van der Waals surface area contributed by atoms with E-state index in [0.717, 1.165) is 34.6 Å². The van der Waals surface area contributed by atoms with Gasteiger partial charge in [-0.3, -0.25) is 0 Å². The van der Waals surface area contributed by atoms with E-state index in [1.165, 1.54) is 16.2 Å². The van der Waals surface area contributed by atoms with Crippen LogP contribution in [0.4, 0.5) is 5.82 Å². The number of nitrogens with one attached hydrogen (secondary N) is 1. The van der Waals surface area contributed by atoms with Crippen LogP contribution >= 0.6 is 11.3 Å². The van der Waals surface area contributed by atoms with Gasteiger partial charge in [0.2, 0.25) is 10.0 Å². The van der Waals surface area contributed by atoms with E-state index in [4.69, 9.17) is 9.72 Å². The summed E-state index contributed by atoms with van der Waals surface area (Å²) in [4.78, 5) is 11.7. The monoisotopic (exact) mass is 480 g/mol. The van der Waals surface area contributed by atoms with Gasteiger partial charge >= 0.3 is 0 Å². The molecular formula is C24H24N4O3S2. The van der Waals surface area contributed by atoms with Crippen molar-refractivity contribution in [1.82, 2.24) is 9.97 Å². The Morgan fingerprint density at radius 2 is 1.76 bits per heavy atom. The molecule has 0 unspecified atom stereocenters. The predicted octanol–water partition coefficient (Wildman–Crippen LogP) is 3.48. The maximum absolute atomic E-state index is 13.2. The molecule has 0 bridgehead atoms. The van der Waals surface area contributed by atoms with Gasteiger partial charge in [0.1, 0.15) is 24.5 Å². The highest BCUT2D eigenvalue weighted by Gasteiger charge is 2.18. The molecule has 170 valence electrons. The number of ether oxygens (including phenoxy) is 1. The van der Waals surface area contributed by atoms with Crippen molar-refractivity contribution in [2.45, 2.75) is 18.4 Å². The fraction of sp³-hybridized carbons (Fsp3) is 0.250. The summed E-state index contributed by atoms with van der Waals surface area (Å²) in [7, 11) is -3.94. The molecule has 3 heterocycles. The van der Waals surface area contributed by atoms with E-state index >= 15 is 0 Å². The summed E-state index contributed by atoms with van der Waals surface area (Å²) in [6.07, 6.45) is 0. The first-order chi connectivity index (χ1) is 16.0. The van der Waals surface area contributed by atoms with Crippen LogP contribution < -0.4 is 4.90 Å². The Morgan fingerprint density at radius 3 is 2.48 bits per heavy atom. The topological polar surface area (TPSA) is 87.7 Å². The Hall–Kier alpha value is -2.85. The van der Waals surface area contributed by atoms with Gasteiger partial charge in [-0.2, -0.15) is 0 Å². The van der Waals surface area contributed by atoms with Crippen molar-refractivity contribution in [3.63, 3.8) is 0 Å². The van der Waals surface area contributed by atoms with Gasteiger partial charge in [0.05, 0.1) is 23.9 Å². The molecule has 0 atom stereocenters. The number of aromatic nitrogens is 2. The highest BCUT2D eigenvalue weighted by atomic mass is 32.2. The number of quaternary nitrogens is 1. The molecule has 1 aliphatic rings. The van der Waals surface area contributed by atoms with Crippen molar-refractivity contribution >= 4 is 37.4 Å². The van der Waals surface area contributed by atoms with Crippen LogP contribution in [0.1, 0.15) is 11.4 Å². The summed E-state index contributed by atoms with van der Waals surface area (Å²) in [6.45, 7) is 5.66. The summed E-state index contributed by atoms with van der Waals surface area (Å²) in [6, 6.07) is 16.5. The summed E-state index contributed by atoms with van der Waals surface area (Å²) in [5.74, 6) is 0.794. The molecule has 2 aromatic carbocycles. The van der Waals surface area contributed by atoms with Crippen LogP contribution in [0.15, 0.2) is 64.9 Å². The number of hydrogen-bond donors (Lipinski definition) is 1. The van der Waals surface area contributed by atoms with E-state index in [1.807, 2.05) is 42.6 Å². The van der Waals surface area contributed by atoms with E-state index in [-0.39, 0.29) is 10.7 Å². The molecule has 0 radical (unpaired) electrons. The zero-order valence-electron chi connectivity index (χ0n) is 18.2. The first-order valence-electron chi connectivity index (χ1n) is 10.8. The van der Waals surface area contributed by atoms with Crippen LogP contribution in [0.3, 0.4) is 0 Å². The third-order valence-corrected chi connectivity index (χ3v) is 7.83. The Labute approximate surface area is 197 Å². The molecule has 9 heteroatoms. The number of morpholine rings is 1. The Kier molecular flexibility index (Phi) is 6.11. The van der Waals surface area contributed by atoms with Gasteiger partial charge in [-0.1, -0.05) is 48.0 Å². The first kappa shape index (κ1) is 22.0. The van der Waals surface area contributed by atoms with Crippen molar-refractivity contribution in [2.75, 3.05) is 26.3 Å². The molecule has 1 fully saturated rings. The van der Waals surface area contributed by atoms with Gasteiger partial charge in [0, 0.05) is 16.3 Å². The molecule has 1 N–H and O–H groups in total. The highest BCUT2D eigenvalue weighted by Crippen LogP contribution is 2.41. The minimum Gasteiger partial charge on any atom is -0.418 e. The minimum absolute atomic E-state index is 0.150. The van der Waals surface area contributed by atoms with Gasteiger partial charge in [-0.25, -0.2) is 13.4 Å². The second-order valence-electron chi connectivity index (χ2n) is 8.08. The van der Waals surface area contributed by atoms with Crippen molar-refractivity contribution in [3.8, 4) is 11.1 Å². The highest BCUT2D eigenvalue weighted by molar-refractivity contribution is 7.94. The Bertz CT molecular complexity index is 1360. The van der Waals surface area contributed by atoms with Gasteiger partial charge in [0.25, 0.3) is 0 Å². The average molecular weight is 481 g/mol. The number of hydrogen-bond acceptors (Lipinski definition) is 6. The fourth-order valence-electron chi connectivity index (χ4n) is 3.88. The molecule has 4 aromatic rings. The number of benzene rings is 2. The van der Waals surface area contributed by atoms with Crippen molar-refractivity contribution in [3.05, 3.63) is 76.1 Å². The molecule has 5 rings (SSSR count). The van der Waals surface area contributed by atoms with E-state index in [2.05, 4.69) is 9.71 Å². The summed E-state index contributed by atoms with van der Waals surface area (Å²) in [5, 5.41) is 2.67. The number of fused-ring (bicyclic) bond motifs is 1. The quantitative estimate of drug-likeness (QED) is 0.457. The Morgan fingerprint density at radius 1 is 1.03 bits per heavy atom. The third kappa shape index (κ3) is 4.77. The minimum atomic E-state index is -3.94. The zero-order chi connectivity index (χ0) is 22.8. The average Bonchev–Trinajstić information content (AvgIpc) is 3.25. The zero-order valence-corrected chi connectivity index (χ0v) is 19.8. The molecule has 0 saturated carbocycles. The molecule has 7 nitrogen and oxygen atoms in total. The number of nitrogens with zero attached hydrogens (tertiary/aromatic N) is 3. The maximum Gasteiger partial charge on any atom is 0.202 e.